The topological polar surface area (TPSA) is 50.4 Å². The molecule has 10 heteroatoms. The molecule has 1 atom stereocenters. The van der Waals surface area contributed by atoms with Gasteiger partial charge in [-0.1, -0.05) is 18.2 Å². The van der Waals surface area contributed by atoms with Crippen LogP contribution in [0.5, 0.6) is 0 Å². The zero-order valence-electron chi connectivity index (χ0n) is 17.6. The molecule has 1 aliphatic heterocycles. The lowest BCUT2D eigenvalue weighted by Crippen LogP contribution is -2.44. The van der Waals surface area contributed by atoms with Crippen LogP contribution in [0.4, 0.5) is 26.3 Å². The van der Waals surface area contributed by atoms with E-state index < -0.39 is 29.8 Å². The van der Waals surface area contributed by atoms with Crippen molar-refractivity contribution in [3.63, 3.8) is 0 Å². The molecule has 1 aromatic heterocycles. The van der Waals surface area contributed by atoms with E-state index in [9.17, 15) is 31.4 Å². The second kappa shape index (κ2) is 8.30. The Labute approximate surface area is 186 Å². The lowest BCUT2D eigenvalue weighted by Gasteiger charge is -2.31. The highest BCUT2D eigenvalue weighted by molar-refractivity contribution is 5.87. The van der Waals surface area contributed by atoms with Crippen LogP contribution >= 0.6 is 0 Å². The molecule has 0 bridgehead atoms. The molecule has 1 saturated carbocycles. The summed E-state index contributed by atoms with van der Waals surface area (Å²) in [4.78, 5) is 4.20. The van der Waals surface area contributed by atoms with Crippen molar-refractivity contribution in [2.24, 2.45) is 10.4 Å². The van der Waals surface area contributed by atoms with Crippen LogP contribution in [-0.2, 0) is 5.60 Å². The van der Waals surface area contributed by atoms with Crippen molar-refractivity contribution >= 4 is 5.71 Å². The number of allylic oxidation sites excluding steroid dienone is 2. The number of hydrogen-bond donors (Lipinski definition) is 1. The van der Waals surface area contributed by atoms with Gasteiger partial charge in [0.05, 0.1) is 11.1 Å². The van der Waals surface area contributed by atoms with Gasteiger partial charge in [-0.3, -0.25) is 4.99 Å². The van der Waals surface area contributed by atoms with Gasteiger partial charge >= 0.3 is 12.4 Å². The highest BCUT2D eigenvalue weighted by Gasteiger charge is 2.63. The standard InChI is InChI=1S/C23H23F6N3O/c24-22(25,26)20(10-11-20)14-17-4-1-2-5-18(31-17)15-21(33,23(27,28)29)16-6-8-19(9-7-16)32-13-3-12-30-32/h3-4,6-9,12-13,33H,1-2,5,10-11,14-15H2. The van der Waals surface area contributed by atoms with E-state index in [2.05, 4.69) is 10.1 Å². The molecule has 33 heavy (non-hydrogen) atoms. The van der Waals surface area contributed by atoms with Crippen molar-refractivity contribution < 1.29 is 31.4 Å². The van der Waals surface area contributed by atoms with Crippen LogP contribution in [-0.4, -0.2) is 33.0 Å². The Hall–Kier alpha value is -2.62. The minimum absolute atomic E-state index is 0.00617. The average Bonchev–Trinajstić information content (AvgIpc) is 3.39. The van der Waals surface area contributed by atoms with E-state index in [0.29, 0.717) is 18.5 Å². The minimum atomic E-state index is -5.01. The van der Waals surface area contributed by atoms with E-state index in [1.165, 1.54) is 35.1 Å². The first kappa shape index (κ1) is 23.5. The predicted molar refractivity (Wildman–Crippen MR) is 110 cm³/mol. The monoisotopic (exact) mass is 471 g/mol. The van der Waals surface area contributed by atoms with Gasteiger partial charge < -0.3 is 5.11 Å². The number of benzene rings is 1. The van der Waals surface area contributed by atoms with E-state index in [1.807, 2.05) is 0 Å². The van der Waals surface area contributed by atoms with Gasteiger partial charge in [0.2, 0.25) is 0 Å². The van der Waals surface area contributed by atoms with Crippen molar-refractivity contribution in [2.45, 2.75) is 62.9 Å². The Morgan fingerprint density at radius 3 is 2.27 bits per heavy atom. The zero-order valence-corrected chi connectivity index (χ0v) is 17.6. The molecule has 0 amide bonds. The van der Waals surface area contributed by atoms with E-state index in [-0.39, 0.29) is 42.7 Å². The number of aliphatic hydroxyl groups is 1. The van der Waals surface area contributed by atoms with E-state index in [1.54, 1.807) is 18.3 Å². The normalized spacial score (nSPS) is 20.5. The summed E-state index contributed by atoms with van der Waals surface area (Å²) in [7, 11) is 0. The maximum Gasteiger partial charge on any atom is 0.421 e. The smallest absolute Gasteiger partial charge is 0.376 e. The van der Waals surface area contributed by atoms with E-state index in [4.69, 9.17) is 0 Å². The summed E-state index contributed by atoms with van der Waals surface area (Å²) in [5.41, 5.74) is -4.70. The first-order valence-corrected chi connectivity index (χ1v) is 10.7. The Kier molecular flexibility index (Phi) is 5.92. The molecule has 0 saturated heterocycles. The highest BCUT2D eigenvalue weighted by atomic mass is 19.4. The van der Waals surface area contributed by atoms with Gasteiger partial charge in [-0.25, -0.2) is 4.68 Å². The van der Waals surface area contributed by atoms with Gasteiger partial charge in [-0.2, -0.15) is 31.4 Å². The van der Waals surface area contributed by atoms with Crippen LogP contribution in [0.15, 0.2) is 59.5 Å². The van der Waals surface area contributed by atoms with Crippen LogP contribution in [0.3, 0.4) is 0 Å². The molecule has 2 aromatic rings. The molecular weight excluding hydrogens is 448 g/mol. The number of halogens is 6. The summed E-state index contributed by atoms with van der Waals surface area (Å²) in [6.07, 6.45) is -4.80. The summed E-state index contributed by atoms with van der Waals surface area (Å²) in [6, 6.07) is 6.86. The number of alkyl halides is 6. The van der Waals surface area contributed by atoms with Crippen molar-refractivity contribution in [3.8, 4) is 5.69 Å². The number of hydrogen-bond acceptors (Lipinski definition) is 3. The molecule has 178 valence electrons. The Balaban J connectivity index is 1.60. The molecule has 4 nitrogen and oxygen atoms in total. The van der Waals surface area contributed by atoms with Crippen LogP contribution in [0.2, 0.25) is 0 Å². The fourth-order valence-electron chi connectivity index (χ4n) is 4.15. The van der Waals surface area contributed by atoms with Crippen molar-refractivity contribution in [1.82, 2.24) is 9.78 Å². The first-order chi connectivity index (χ1) is 15.4. The fourth-order valence-corrected chi connectivity index (χ4v) is 4.15. The largest absolute Gasteiger partial charge is 0.421 e. The van der Waals surface area contributed by atoms with Gasteiger partial charge in [0.25, 0.3) is 0 Å². The summed E-state index contributed by atoms with van der Waals surface area (Å²) >= 11 is 0. The van der Waals surface area contributed by atoms with Crippen LogP contribution < -0.4 is 0 Å². The minimum Gasteiger partial charge on any atom is -0.376 e. The maximum atomic E-state index is 14.1. The highest BCUT2D eigenvalue weighted by Crippen LogP contribution is 2.61. The molecule has 2 heterocycles. The Bertz CT molecular complexity index is 1030. The number of nitrogens with zero attached hydrogens (tertiary/aromatic N) is 3. The third kappa shape index (κ3) is 4.71. The van der Waals surface area contributed by atoms with Crippen LogP contribution in [0, 0.1) is 5.41 Å². The summed E-state index contributed by atoms with van der Waals surface area (Å²) < 4.78 is 83.8. The van der Waals surface area contributed by atoms with Gasteiger partial charge in [0.1, 0.15) is 0 Å². The number of aromatic nitrogens is 2. The molecule has 1 aliphatic carbocycles. The van der Waals surface area contributed by atoms with E-state index >= 15 is 0 Å². The molecule has 4 rings (SSSR count). The van der Waals surface area contributed by atoms with Crippen molar-refractivity contribution in [3.05, 3.63) is 60.1 Å². The quantitative estimate of drug-likeness (QED) is 0.506. The lowest BCUT2D eigenvalue weighted by atomic mass is 9.86. The zero-order chi connectivity index (χ0) is 23.9. The Morgan fingerprint density at radius 1 is 1.03 bits per heavy atom. The second-order valence-corrected chi connectivity index (χ2v) is 8.75. The van der Waals surface area contributed by atoms with Gasteiger partial charge in [-0.15, -0.1) is 0 Å². The maximum absolute atomic E-state index is 14.1. The van der Waals surface area contributed by atoms with E-state index in [0.717, 1.165) is 0 Å². The summed E-state index contributed by atoms with van der Waals surface area (Å²) in [5, 5.41) is 14.8. The van der Waals surface area contributed by atoms with Gasteiger partial charge in [0.15, 0.2) is 5.60 Å². The SMILES string of the molecule is OC(CC1=NC(CC2(C(F)(F)F)CC2)=CCCC1)(c1ccc(-n2cccn2)cc1)C(F)(F)F. The first-order valence-electron chi connectivity index (χ1n) is 10.7. The molecule has 1 N–H and O–H groups in total. The molecule has 0 radical (unpaired) electrons. The van der Waals surface area contributed by atoms with Gasteiger partial charge in [-0.05, 0) is 55.9 Å². The Morgan fingerprint density at radius 2 is 1.73 bits per heavy atom. The van der Waals surface area contributed by atoms with Crippen LogP contribution in [0.25, 0.3) is 5.69 Å². The van der Waals surface area contributed by atoms with Crippen molar-refractivity contribution in [2.75, 3.05) is 0 Å². The molecule has 1 fully saturated rings. The van der Waals surface area contributed by atoms with Crippen molar-refractivity contribution in [1.29, 1.82) is 0 Å². The van der Waals surface area contributed by atoms with Crippen LogP contribution in [0.1, 0.15) is 50.5 Å². The molecule has 1 aromatic carbocycles. The average molecular weight is 471 g/mol. The summed E-state index contributed by atoms with van der Waals surface area (Å²) in [5.74, 6) is 0. The fraction of sp³-hybridized carbons (Fsp3) is 0.478. The summed E-state index contributed by atoms with van der Waals surface area (Å²) in [6.45, 7) is 0. The third-order valence-corrected chi connectivity index (χ3v) is 6.37. The predicted octanol–water partition coefficient (Wildman–Crippen LogP) is 6.25. The van der Waals surface area contributed by atoms with Gasteiger partial charge in [0, 0.05) is 36.6 Å². The lowest BCUT2D eigenvalue weighted by molar-refractivity contribution is -0.263. The molecule has 2 aliphatic rings. The number of rotatable bonds is 6. The molecule has 1 unspecified atom stereocenters. The number of aliphatic imine (C=N–C) groups is 1. The third-order valence-electron chi connectivity index (χ3n) is 6.37. The second-order valence-electron chi connectivity index (χ2n) is 8.75. The molecule has 0 spiro atoms. The molecular formula is C23H23F6N3O.